The van der Waals surface area contributed by atoms with Crippen LogP contribution in [0.5, 0.6) is 0 Å². The average molecular weight is 364 g/mol. The normalized spacial score (nSPS) is 21.3. The first-order valence-electron chi connectivity index (χ1n) is 9.65. The van der Waals surface area contributed by atoms with Crippen LogP contribution in [0.3, 0.4) is 0 Å². The second-order valence-electron chi connectivity index (χ2n) is 7.77. The maximum atomic E-state index is 12.2. The topological polar surface area (TPSA) is 78.8 Å². The molecule has 0 saturated carbocycles. The van der Waals surface area contributed by atoms with Gasteiger partial charge >= 0.3 is 6.03 Å². The summed E-state index contributed by atoms with van der Waals surface area (Å²) in [6, 6.07) is 4.42. The van der Waals surface area contributed by atoms with Crippen molar-refractivity contribution < 1.29 is 4.79 Å². The third-order valence-corrected chi connectivity index (χ3v) is 6.13. The van der Waals surface area contributed by atoms with Crippen molar-refractivity contribution in [1.29, 1.82) is 0 Å². The molecule has 1 atom stereocenters. The van der Waals surface area contributed by atoms with E-state index in [9.17, 15) is 4.79 Å². The molecule has 7 nitrogen and oxygen atoms in total. The van der Waals surface area contributed by atoms with E-state index >= 15 is 0 Å². The Kier molecular flexibility index (Phi) is 3.54. The molecule has 5 heterocycles. The van der Waals surface area contributed by atoms with Crippen LogP contribution < -0.4 is 5.32 Å². The molecule has 0 radical (unpaired) electrons. The number of fused-ring (bicyclic) bond motifs is 3. The van der Waals surface area contributed by atoms with Crippen molar-refractivity contribution in [3.8, 4) is 11.3 Å². The maximum absolute atomic E-state index is 12.2. The number of pyridine rings is 1. The highest BCUT2D eigenvalue weighted by Crippen LogP contribution is 2.43. The lowest BCUT2D eigenvalue weighted by atomic mass is 9.82. The summed E-state index contributed by atoms with van der Waals surface area (Å²) >= 11 is 0. The van der Waals surface area contributed by atoms with Crippen molar-refractivity contribution in [3.05, 3.63) is 35.8 Å². The molecular weight excluding hydrogens is 340 g/mol. The van der Waals surface area contributed by atoms with Crippen LogP contribution in [0.2, 0.25) is 0 Å². The fourth-order valence-corrected chi connectivity index (χ4v) is 4.60. The van der Waals surface area contributed by atoms with Gasteiger partial charge in [0.1, 0.15) is 5.65 Å². The second kappa shape index (κ2) is 5.84. The van der Waals surface area contributed by atoms with Crippen LogP contribution in [-0.4, -0.2) is 50.3 Å². The molecule has 3 aromatic rings. The molecule has 2 aliphatic rings. The highest BCUT2D eigenvalue weighted by molar-refractivity contribution is 5.83. The number of carbonyl (C=O) groups excluding carboxylic acids is 1. The number of H-pyrrole nitrogens is 1. The van der Waals surface area contributed by atoms with Gasteiger partial charge in [0, 0.05) is 60.6 Å². The standard InChI is InChI=1S/C20H24N6O/c1-3-21-19(27)25-6-4-20(12-25)5-7-26-17(20)9-16(24-26)14-8-15-13(2)10-22-18(15)23-11-14/h8-11H,3-7,12H2,1-2H3,(H,21,27)(H,22,23). The highest BCUT2D eigenvalue weighted by Gasteiger charge is 2.46. The highest BCUT2D eigenvalue weighted by atomic mass is 16.2. The Morgan fingerprint density at radius 1 is 1.33 bits per heavy atom. The van der Waals surface area contributed by atoms with Gasteiger partial charge in [-0.05, 0) is 44.4 Å². The van der Waals surface area contributed by atoms with E-state index in [2.05, 4.69) is 39.0 Å². The molecule has 0 bridgehead atoms. The van der Waals surface area contributed by atoms with E-state index in [1.165, 1.54) is 11.3 Å². The molecule has 2 aliphatic heterocycles. The van der Waals surface area contributed by atoms with Crippen LogP contribution in [0.1, 0.15) is 31.0 Å². The number of aromatic amines is 1. The molecule has 5 rings (SSSR count). The lowest BCUT2D eigenvalue weighted by molar-refractivity contribution is 0.206. The summed E-state index contributed by atoms with van der Waals surface area (Å²) in [5, 5.41) is 8.91. The number of nitrogens with one attached hydrogen (secondary N) is 2. The zero-order valence-corrected chi connectivity index (χ0v) is 15.7. The van der Waals surface area contributed by atoms with Crippen molar-refractivity contribution in [2.45, 2.75) is 38.6 Å². The number of nitrogens with zero attached hydrogens (tertiary/aromatic N) is 4. The van der Waals surface area contributed by atoms with Gasteiger partial charge in [-0.1, -0.05) is 0 Å². The van der Waals surface area contributed by atoms with Gasteiger partial charge in [0.25, 0.3) is 0 Å². The first kappa shape index (κ1) is 16.4. The number of likely N-dealkylation sites (tertiary alicyclic amines) is 1. The molecule has 1 unspecified atom stereocenters. The third kappa shape index (κ3) is 2.44. The number of carbonyl (C=O) groups is 1. The van der Waals surface area contributed by atoms with E-state index < -0.39 is 0 Å². The Morgan fingerprint density at radius 3 is 3.04 bits per heavy atom. The van der Waals surface area contributed by atoms with Crippen LogP contribution in [0.25, 0.3) is 22.3 Å². The summed E-state index contributed by atoms with van der Waals surface area (Å²) in [5.41, 5.74) is 5.41. The Labute approximate surface area is 157 Å². The first-order chi connectivity index (χ1) is 13.1. The molecule has 2 N–H and O–H groups in total. The summed E-state index contributed by atoms with van der Waals surface area (Å²) < 4.78 is 2.13. The number of rotatable bonds is 2. The summed E-state index contributed by atoms with van der Waals surface area (Å²) in [7, 11) is 0. The first-order valence-corrected chi connectivity index (χ1v) is 9.65. The second-order valence-corrected chi connectivity index (χ2v) is 7.77. The zero-order chi connectivity index (χ0) is 18.6. The van der Waals surface area contributed by atoms with Crippen LogP contribution in [0, 0.1) is 6.92 Å². The SMILES string of the molecule is CCNC(=O)N1CCC2(CCn3nc(-c4cnc5[nH]cc(C)c5c4)cc32)C1. The number of amides is 2. The maximum Gasteiger partial charge on any atom is 0.317 e. The van der Waals surface area contributed by atoms with E-state index in [-0.39, 0.29) is 11.4 Å². The lowest BCUT2D eigenvalue weighted by Gasteiger charge is -2.23. The van der Waals surface area contributed by atoms with Gasteiger partial charge in [-0.15, -0.1) is 0 Å². The monoisotopic (exact) mass is 364 g/mol. The molecule has 0 aliphatic carbocycles. The quantitative estimate of drug-likeness (QED) is 0.734. The van der Waals surface area contributed by atoms with Gasteiger partial charge in [0.15, 0.2) is 0 Å². The van der Waals surface area contributed by atoms with Gasteiger partial charge in [0.2, 0.25) is 0 Å². The van der Waals surface area contributed by atoms with Crippen LogP contribution in [0.4, 0.5) is 4.79 Å². The van der Waals surface area contributed by atoms with Gasteiger partial charge in [0.05, 0.1) is 5.69 Å². The molecule has 3 aromatic heterocycles. The van der Waals surface area contributed by atoms with Gasteiger partial charge in [-0.2, -0.15) is 5.10 Å². The summed E-state index contributed by atoms with van der Waals surface area (Å²) in [5.74, 6) is 0. The number of hydrogen-bond donors (Lipinski definition) is 2. The largest absolute Gasteiger partial charge is 0.346 e. The van der Waals surface area contributed by atoms with Crippen molar-refractivity contribution in [2.75, 3.05) is 19.6 Å². The molecule has 140 valence electrons. The van der Waals surface area contributed by atoms with Crippen molar-refractivity contribution >= 4 is 17.1 Å². The average Bonchev–Trinajstić information content (AvgIpc) is 3.42. The van der Waals surface area contributed by atoms with Crippen molar-refractivity contribution in [1.82, 2.24) is 30.0 Å². The molecule has 1 spiro atoms. The van der Waals surface area contributed by atoms with Crippen LogP contribution in [0.15, 0.2) is 24.5 Å². The van der Waals surface area contributed by atoms with E-state index in [1.54, 1.807) is 0 Å². The lowest BCUT2D eigenvalue weighted by Crippen LogP contribution is -2.40. The number of aryl methyl sites for hydroxylation is 2. The molecule has 0 aromatic carbocycles. The van der Waals surface area contributed by atoms with Gasteiger partial charge in [-0.3, -0.25) is 4.68 Å². The fourth-order valence-electron chi connectivity index (χ4n) is 4.60. The van der Waals surface area contributed by atoms with Gasteiger partial charge < -0.3 is 15.2 Å². The molecule has 2 amide bonds. The molecular formula is C20H24N6O. The Morgan fingerprint density at radius 2 is 2.19 bits per heavy atom. The van der Waals surface area contributed by atoms with E-state index in [4.69, 9.17) is 5.10 Å². The predicted octanol–water partition coefficient (Wildman–Crippen LogP) is 2.81. The summed E-state index contributed by atoms with van der Waals surface area (Å²) in [4.78, 5) is 21.9. The minimum Gasteiger partial charge on any atom is -0.346 e. The minimum absolute atomic E-state index is 0.0395. The number of hydrogen-bond acceptors (Lipinski definition) is 3. The summed E-state index contributed by atoms with van der Waals surface area (Å²) in [6.07, 6.45) is 5.93. The summed E-state index contributed by atoms with van der Waals surface area (Å²) in [6.45, 7) is 7.20. The third-order valence-electron chi connectivity index (χ3n) is 6.13. The molecule has 27 heavy (non-hydrogen) atoms. The molecule has 1 fully saturated rings. The van der Waals surface area contributed by atoms with Crippen LogP contribution >= 0.6 is 0 Å². The Hall–Kier alpha value is -2.83. The van der Waals surface area contributed by atoms with E-state index in [1.807, 2.05) is 24.2 Å². The zero-order valence-electron chi connectivity index (χ0n) is 15.7. The minimum atomic E-state index is 0.0395. The van der Waals surface area contributed by atoms with Gasteiger partial charge in [-0.25, -0.2) is 9.78 Å². The molecule has 1 saturated heterocycles. The number of aromatic nitrogens is 4. The molecule has 7 heteroatoms. The Balaban J connectivity index is 1.47. The van der Waals surface area contributed by atoms with Crippen molar-refractivity contribution in [3.63, 3.8) is 0 Å². The fraction of sp³-hybridized carbons (Fsp3) is 0.450. The van der Waals surface area contributed by atoms with E-state index in [0.29, 0.717) is 6.54 Å². The smallest absolute Gasteiger partial charge is 0.317 e. The Bertz CT molecular complexity index is 1030. The van der Waals surface area contributed by atoms with E-state index in [0.717, 1.165) is 54.8 Å². The van der Waals surface area contributed by atoms with Crippen LogP contribution in [-0.2, 0) is 12.0 Å². The van der Waals surface area contributed by atoms with Crippen molar-refractivity contribution in [2.24, 2.45) is 0 Å². The number of urea groups is 1. The predicted molar refractivity (Wildman–Crippen MR) is 104 cm³/mol.